The van der Waals surface area contributed by atoms with Crippen LogP contribution < -0.4 is 5.56 Å². The molecule has 17 heavy (non-hydrogen) atoms. The van der Waals surface area contributed by atoms with Gasteiger partial charge in [0.1, 0.15) is 5.69 Å². The number of pyridine rings is 1. The first-order valence-corrected chi connectivity index (χ1v) is 5.24. The number of H-pyrrole nitrogens is 1. The normalized spacial score (nSPS) is 10.6. The zero-order valence-electron chi connectivity index (χ0n) is 8.92. The second kappa shape index (κ2) is 3.83. The van der Waals surface area contributed by atoms with Crippen LogP contribution in [0.25, 0.3) is 22.0 Å². The van der Waals surface area contributed by atoms with E-state index < -0.39 is 0 Å². The van der Waals surface area contributed by atoms with Crippen molar-refractivity contribution in [2.24, 2.45) is 0 Å². The molecule has 0 spiro atoms. The van der Waals surface area contributed by atoms with E-state index in [1.54, 1.807) is 18.5 Å². The highest BCUT2D eigenvalue weighted by atomic mass is 16.1. The molecule has 3 aromatic rings. The van der Waals surface area contributed by atoms with Gasteiger partial charge in [-0.25, -0.2) is 0 Å². The predicted molar refractivity (Wildman–Crippen MR) is 65.6 cm³/mol. The number of aromatic amines is 1. The lowest BCUT2D eigenvalue weighted by Crippen LogP contribution is -2.02. The maximum absolute atomic E-state index is 11.0. The summed E-state index contributed by atoms with van der Waals surface area (Å²) >= 11 is 0. The number of rotatable bonds is 1. The fourth-order valence-electron chi connectivity index (χ4n) is 1.80. The Labute approximate surface area is 97.0 Å². The smallest absolute Gasteiger partial charge is 0.247 e. The minimum absolute atomic E-state index is 0.123. The van der Waals surface area contributed by atoms with Gasteiger partial charge in [0.05, 0.1) is 6.20 Å². The summed E-state index contributed by atoms with van der Waals surface area (Å²) in [5.41, 5.74) is 1.51. The Balaban J connectivity index is 2.30. The van der Waals surface area contributed by atoms with Crippen LogP contribution in [0, 0.1) is 0 Å². The van der Waals surface area contributed by atoms with E-state index in [4.69, 9.17) is 0 Å². The molecule has 3 rings (SSSR count). The van der Waals surface area contributed by atoms with Gasteiger partial charge in [-0.05, 0) is 6.07 Å². The fraction of sp³-hybridized carbons (Fsp3) is 0. The Kier molecular flexibility index (Phi) is 2.19. The molecule has 0 saturated heterocycles. The monoisotopic (exact) mass is 223 g/mol. The Morgan fingerprint density at radius 1 is 1.06 bits per heavy atom. The van der Waals surface area contributed by atoms with Crippen molar-refractivity contribution in [1.29, 1.82) is 0 Å². The summed E-state index contributed by atoms with van der Waals surface area (Å²) in [6.07, 6.45) is 3.38. The zero-order valence-corrected chi connectivity index (χ0v) is 8.92. The van der Waals surface area contributed by atoms with E-state index in [1.165, 1.54) is 6.07 Å². The van der Waals surface area contributed by atoms with Gasteiger partial charge in [0.25, 0.3) is 0 Å². The van der Waals surface area contributed by atoms with Gasteiger partial charge >= 0.3 is 0 Å². The third-order valence-electron chi connectivity index (χ3n) is 2.63. The molecule has 4 heteroatoms. The van der Waals surface area contributed by atoms with Gasteiger partial charge in [0.2, 0.25) is 5.56 Å². The van der Waals surface area contributed by atoms with Gasteiger partial charge in [-0.1, -0.05) is 24.3 Å². The van der Waals surface area contributed by atoms with Gasteiger partial charge in [0, 0.05) is 28.6 Å². The highest BCUT2D eigenvalue weighted by Crippen LogP contribution is 2.23. The van der Waals surface area contributed by atoms with Gasteiger partial charge in [-0.3, -0.25) is 4.79 Å². The van der Waals surface area contributed by atoms with Crippen LogP contribution in [0.1, 0.15) is 0 Å². The van der Waals surface area contributed by atoms with Crippen LogP contribution in [0.5, 0.6) is 0 Å². The number of benzene rings is 1. The second-order valence-corrected chi connectivity index (χ2v) is 3.72. The van der Waals surface area contributed by atoms with E-state index in [9.17, 15) is 4.79 Å². The molecule has 1 N–H and O–H groups in total. The van der Waals surface area contributed by atoms with Crippen molar-refractivity contribution in [3.63, 3.8) is 0 Å². The Hall–Kier alpha value is -2.49. The van der Waals surface area contributed by atoms with E-state index in [-0.39, 0.29) is 5.56 Å². The van der Waals surface area contributed by atoms with Crippen LogP contribution in [0.3, 0.4) is 0 Å². The van der Waals surface area contributed by atoms with Crippen molar-refractivity contribution in [2.45, 2.75) is 0 Å². The topological polar surface area (TPSA) is 58.6 Å². The summed E-state index contributed by atoms with van der Waals surface area (Å²) in [6, 6.07) is 11.1. The van der Waals surface area contributed by atoms with Crippen LogP contribution in [0.4, 0.5) is 0 Å². The Bertz CT molecular complexity index is 708. The van der Waals surface area contributed by atoms with Crippen molar-refractivity contribution in [3.8, 4) is 11.3 Å². The largest absolute Gasteiger partial charge is 0.328 e. The first kappa shape index (κ1) is 9.72. The van der Waals surface area contributed by atoms with E-state index in [0.29, 0.717) is 0 Å². The number of hydrogen-bond donors (Lipinski definition) is 1. The molecule has 0 radical (unpaired) electrons. The van der Waals surface area contributed by atoms with E-state index in [0.717, 1.165) is 22.0 Å². The first-order valence-electron chi connectivity index (χ1n) is 5.24. The number of fused-ring (bicyclic) bond motifs is 1. The molecular weight excluding hydrogens is 214 g/mol. The van der Waals surface area contributed by atoms with Crippen molar-refractivity contribution < 1.29 is 0 Å². The molecule has 0 fully saturated rings. The molecule has 1 aromatic carbocycles. The van der Waals surface area contributed by atoms with Gasteiger partial charge in [-0.2, -0.15) is 5.10 Å². The van der Waals surface area contributed by atoms with Crippen molar-refractivity contribution in [2.75, 3.05) is 0 Å². The number of nitrogens with one attached hydrogen (secondary N) is 1. The predicted octanol–water partition coefficient (Wildman–Crippen LogP) is 1.99. The van der Waals surface area contributed by atoms with E-state index >= 15 is 0 Å². The minimum atomic E-state index is -0.123. The Morgan fingerprint density at radius 2 is 1.94 bits per heavy atom. The summed E-state index contributed by atoms with van der Waals surface area (Å²) < 4.78 is 0. The summed E-state index contributed by atoms with van der Waals surface area (Å²) in [6.45, 7) is 0. The van der Waals surface area contributed by atoms with Gasteiger partial charge < -0.3 is 4.98 Å². The maximum atomic E-state index is 11.0. The van der Waals surface area contributed by atoms with Crippen LogP contribution in [0.2, 0.25) is 0 Å². The second-order valence-electron chi connectivity index (χ2n) is 3.72. The third-order valence-corrected chi connectivity index (χ3v) is 2.63. The van der Waals surface area contributed by atoms with E-state index in [1.807, 2.05) is 24.3 Å². The highest BCUT2D eigenvalue weighted by Gasteiger charge is 2.05. The van der Waals surface area contributed by atoms with Crippen molar-refractivity contribution in [1.82, 2.24) is 15.2 Å². The lowest BCUT2D eigenvalue weighted by molar-refractivity contribution is 1.05. The molecule has 2 heterocycles. The molecule has 4 nitrogen and oxygen atoms in total. The third kappa shape index (κ3) is 1.69. The minimum Gasteiger partial charge on any atom is -0.328 e. The molecule has 0 atom stereocenters. The quantitative estimate of drug-likeness (QED) is 0.686. The summed E-state index contributed by atoms with van der Waals surface area (Å²) in [4.78, 5) is 13.7. The molecule has 0 aliphatic heterocycles. The van der Waals surface area contributed by atoms with Crippen LogP contribution in [-0.2, 0) is 0 Å². The molecule has 82 valence electrons. The molecule has 0 amide bonds. The number of hydrogen-bond acceptors (Lipinski definition) is 3. The molecule has 0 bridgehead atoms. The fourth-order valence-corrected chi connectivity index (χ4v) is 1.80. The average Bonchev–Trinajstić information content (AvgIpc) is 2.39. The molecule has 0 unspecified atom stereocenters. The maximum Gasteiger partial charge on any atom is 0.247 e. The van der Waals surface area contributed by atoms with Crippen LogP contribution >= 0.6 is 0 Å². The van der Waals surface area contributed by atoms with Crippen molar-refractivity contribution in [3.05, 3.63) is 59.1 Å². The van der Waals surface area contributed by atoms with Gasteiger partial charge in [0.15, 0.2) is 0 Å². The number of aromatic nitrogens is 3. The lowest BCUT2D eigenvalue weighted by Gasteiger charge is -2.03. The molecule has 0 aliphatic rings. The lowest BCUT2D eigenvalue weighted by atomic mass is 10.1. The SMILES string of the molecule is O=c1ccc(-c2nncc3ccccc23)c[nH]1. The summed E-state index contributed by atoms with van der Waals surface area (Å²) in [7, 11) is 0. The highest BCUT2D eigenvalue weighted by molar-refractivity contribution is 5.93. The molecule has 0 saturated carbocycles. The zero-order chi connectivity index (χ0) is 11.7. The van der Waals surface area contributed by atoms with Gasteiger partial charge in [-0.15, -0.1) is 5.10 Å². The summed E-state index contributed by atoms with van der Waals surface area (Å²) in [5, 5.41) is 10.2. The first-order chi connectivity index (χ1) is 8.34. The Morgan fingerprint density at radius 3 is 2.76 bits per heavy atom. The van der Waals surface area contributed by atoms with Crippen LogP contribution in [0.15, 0.2) is 53.6 Å². The average molecular weight is 223 g/mol. The van der Waals surface area contributed by atoms with Crippen LogP contribution in [-0.4, -0.2) is 15.2 Å². The molecular formula is C13H9N3O. The molecule has 2 aromatic heterocycles. The molecule has 0 aliphatic carbocycles. The van der Waals surface area contributed by atoms with E-state index in [2.05, 4.69) is 15.2 Å². The summed E-state index contributed by atoms with van der Waals surface area (Å²) in [5.74, 6) is 0. The standard InChI is InChI=1S/C13H9N3O/c17-12-6-5-10(7-14-12)13-11-4-2-1-3-9(11)8-15-16-13/h1-8H,(H,14,17). The van der Waals surface area contributed by atoms with Crippen molar-refractivity contribution >= 4 is 10.8 Å². The number of nitrogens with zero attached hydrogens (tertiary/aromatic N) is 2.